The Morgan fingerprint density at radius 3 is 0.692 bits per heavy atom. The number of nitrogens with zero attached hydrogens (tertiary/aromatic N) is 3. The molecule has 6 rings (SSSR count). The molecule has 6 heterocycles. The minimum atomic E-state index is 0. The molecule has 0 aliphatic carbocycles. The Morgan fingerprint density at radius 1 is 0.308 bits per heavy atom. The zero-order chi connectivity index (χ0) is 38.2. The Labute approximate surface area is 339 Å². The minimum Gasteiger partial charge on any atom is -0.315 e. The molecule has 276 valence electrons. The van der Waals surface area contributed by atoms with E-state index in [1.807, 2.05) is 0 Å². The van der Waals surface area contributed by atoms with Crippen molar-refractivity contribution in [2.24, 2.45) is 0 Å². The van der Waals surface area contributed by atoms with Crippen molar-refractivity contribution in [2.75, 3.05) is 0 Å². The summed E-state index contributed by atoms with van der Waals surface area (Å²) >= 11 is 5.36. The van der Waals surface area contributed by atoms with Gasteiger partial charge in [0, 0.05) is 17.1 Å². The Bertz CT molecular complexity index is 1940. The molecular formula is C45H54IrN3S3. The standard InChI is InChI=1S/3C15H18NS.Ir/c3*1-8-7-14(17-13(8)6)15-11(4)9(2)10(3)12(5)16-15;/h3*1-6H3;/q3*-1;+3. The maximum atomic E-state index is 4.74. The largest absolute Gasteiger partial charge is 3.00 e. The number of aromatic nitrogens is 3. The molecule has 0 spiro atoms. The second-order valence-corrected chi connectivity index (χ2v) is 17.6. The average molecular weight is 925 g/mol. The van der Waals surface area contributed by atoms with E-state index in [0.29, 0.717) is 0 Å². The van der Waals surface area contributed by atoms with E-state index in [1.54, 1.807) is 34.0 Å². The molecule has 6 aromatic rings. The molecule has 0 aromatic carbocycles. The summed E-state index contributed by atoms with van der Waals surface area (Å²) in [7, 11) is 0. The third kappa shape index (κ3) is 9.10. The topological polar surface area (TPSA) is 38.7 Å². The van der Waals surface area contributed by atoms with Gasteiger partial charge in [-0.3, -0.25) is 0 Å². The summed E-state index contributed by atoms with van der Waals surface area (Å²) in [5.41, 5.74) is 22.2. The first-order valence-corrected chi connectivity index (χ1v) is 20.0. The van der Waals surface area contributed by atoms with E-state index in [4.69, 9.17) is 15.0 Å². The van der Waals surface area contributed by atoms with Crippen LogP contribution in [0.4, 0.5) is 0 Å². The maximum Gasteiger partial charge on any atom is 3.00 e. The second kappa shape index (κ2) is 17.6. The average Bonchev–Trinajstić information content (AvgIpc) is 3.73. The van der Waals surface area contributed by atoms with Crippen LogP contribution in [-0.4, -0.2) is 15.0 Å². The third-order valence-corrected chi connectivity index (χ3v) is 14.1. The van der Waals surface area contributed by atoms with Gasteiger partial charge in [-0.1, -0.05) is 104 Å². The number of hydrogen-bond acceptors (Lipinski definition) is 6. The summed E-state index contributed by atoms with van der Waals surface area (Å²) in [6.07, 6.45) is 0. The van der Waals surface area contributed by atoms with Crippen LogP contribution in [0.25, 0.3) is 31.7 Å². The monoisotopic (exact) mass is 925 g/mol. The maximum absolute atomic E-state index is 4.74. The predicted octanol–water partition coefficient (Wildman–Crippen LogP) is 13.4. The van der Waals surface area contributed by atoms with Gasteiger partial charge >= 0.3 is 20.1 Å². The summed E-state index contributed by atoms with van der Waals surface area (Å²) in [6, 6.07) is 10.3. The smallest absolute Gasteiger partial charge is 0.315 e. The molecule has 3 nitrogen and oxygen atoms in total. The minimum absolute atomic E-state index is 0. The quantitative estimate of drug-likeness (QED) is 0.166. The molecule has 0 bridgehead atoms. The zero-order valence-corrected chi connectivity index (χ0v) is 39.2. The molecule has 0 unspecified atom stereocenters. The Kier molecular flexibility index (Phi) is 14.7. The van der Waals surface area contributed by atoms with Gasteiger partial charge in [-0.05, 0) is 117 Å². The molecule has 7 heteroatoms. The Hall–Kier alpha value is -2.80. The van der Waals surface area contributed by atoms with Crippen molar-refractivity contribution in [3.8, 4) is 31.7 Å². The van der Waals surface area contributed by atoms with Gasteiger partial charge in [0.2, 0.25) is 0 Å². The van der Waals surface area contributed by atoms with Crippen molar-refractivity contribution in [1.29, 1.82) is 0 Å². The summed E-state index contributed by atoms with van der Waals surface area (Å²) in [5, 5.41) is 0. The summed E-state index contributed by atoms with van der Waals surface area (Å²) in [4.78, 5) is 21.7. The van der Waals surface area contributed by atoms with Crippen LogP contribution in [0.2, 0.25) is 0 Å². The molecule has 0 atom stereocenters. The van der Waals surface area contributed by atoms with Gasteiger partial charge in [0.1, 0.15) is 0 Å². The number of pyridine rings is 3. The van der Waals surface area contributed by atoms with Crippen LogP contribution >= 0.6 is 34.0 Å². The fourth-order valence-electron chi connectivity index (χ4n) is 5.72. The van der Waals surface area contributed by atoms with Crippen LogP contribution < -0.4 is 0 Å². The normalized spacial score (nSPS) is 10.7. The fourth-order valence-corrected chi connectivity index (χ4v) is 8.75. The SMILES string of the molecule is Cc1[c-]c(-c2nc(C)c(C)c(C)c2C)sc1C.Cc1[c-]c(-c2nc(C)c(C)c(C)c2C)sc1C.Cc1[c-]c(-c2nc(C)c(C)c(C)c2C)sc1C.[Ir+3]. The first-order valence-electron chi connectivity index (χ1n) is 17.6. The van der Waals surface area contributed by atoms with Gasteiger partial charge in [0.15, 0.2) is 0 Å². The van der Waals surface area contributed by atoms with Crippen LogP contribution in [0.5, 0.6) is 0 Å². The molecule has 0 aliphatic rings. The Morgan fingerprint density at radius 2 is 0.519 bits per heavy atom. The summed E-state index contributed by atoms with van der Waals surface area (Å²) in [6.45, 7) is 38.4. The van der Waals surface area contributed by atoms with E-state index in [-0.39, 0.29) is 20.1 Å². The van der Waals surface area contributed by atoms with E-state index in [9.17, 15) is 0 Å². The van der Waals surface area contributed by atoms with Crippen LogP contribution in [0, 0.1) is 143 Å². The molecule has 0 saturated carbocycles. The number of hydrogen-bond donors (Lipinski definition) is 0. The summed E-state index contributed by atoms with van der Waals surface area (Å²) in [5.74, 6) is 0. The molecule has 0 N–H and O–H groups in total. The Balaban J connectivity index is 0.000000208. The van der Waals surface area contributed by atoms with Crippen molar-refractivity contribution in [3.05, 3.63) is 117 Å². The van der Waals surface area contributed by atoms with Gasteiger partial charge in [-0.2, -0.15) is 34.9 Å². The van der Waals surface area contributed by atoms with Gasteiger partial charge in [-0.25, -0.2) is 34.0 Å². The number of aryl methyl sites for hydroxylation is 9. The van der Waals surface area contributed by atoms with Gasteiger partial charge < -0.3 is 15.0 Å². The van der Waals surface area contributed by atoms with E-state index >= 15 is 0 Å². The second-order valence-electron chi connectivity index (χ2n) is 14.0. The molecule has 6 aromatic heterocycles. The van der Waals surface area contributed by atoms with Crippen molar-refractivity contribution < 1.29 is 20.1 Å². The molecular weight excluding hydrogens is 871 g/mol. The van der Waals surface area contributed by atoms with Crippen molar-refractivity contribution in [3.63, 3.8) is 0 Å². The molecule has 0 aliphatic heterocycles. The first-order chi connectivity index (χ1) is 23.7. The van der Waals surface area contributed by atoms with Gasteiger partial charge in [-0.15, -0.1) is 0 Å². The molecule has 52 heavy (non-hydrogen) atoms. The van der Waals surface area contributed by atoms with E-state index < -0.39 is 0 Å². The van der Waals surface area contributed by atoms with Crippen LogP contribution in [0.15, 0.2) is 0 Å². The zero-order valence-electron chi connectivity index (χ0n) is 34.4. The molecule has 0 saturated heterocycles. The predicted molar refractivity (Wildman–Crippen MR) is 224 cm³/mol. The van der Waals surface area contributed by atoms with E-state index in [1.165, 1.54) is 96.0 Å². The van der Waals surface area contributed by atoms with Crippen molar-refractivity contribution in [1.82, 2.24) is 15.0 Å². The van der Waals surface area contributed by atoms with Gasteiger partial charge in [0.25, 0.3) is 0 Å². The number of thiophene rings is 3. The molecule has 0 amide bonds. The van der Waals surface area contributed by atoms with Gasteiger partial charge in [0.05, 0.1) is 0 Å². The number of rotatable bonds is 3. The van der Waals surface area contributed by atoms with E-state index in [0.717, 1.165) is 34.2 Å². The molecule has 0 fully saturated rings. The van der Waals surface area contributed by atoms with Crippen LogP contribution in [0.1, 0.15) is 98.5 Å². The fraction of sp³-hybridized carbons (Fsp3) is 0.400. The third-order valence-electron chi connectivity index (χ3n) is 10.8. The van der Waals surface area contributed by atoms with Crippen molar-refractivity contribution >= 4 is 34.0 Å². The van der Waals surface area contributed by atoms with Crippen LogP contribution in [-0.2, 0) is 20.1 Å². The summed E-state index contributed by atoms with van der Waals surface area (Å²) < 4.78 is 0. The van der Waals surface area contributed by atoms with Crippen LogP contribution in [0.3, 0.4) is 0 Å². The first kappa shape index (κ1) is 43.6. The van der Waals surface area contributed by atoms with Crippen molar-refractivity contribution in [2.45, 2.75) is 125 Å². The van der Waals surface area contributed by atoms with E-state index in [2.05, 4.69) is 143 Å². The molecule has 0 radical (unpaired) electrons.